The van der Waals surface area contributed by atoms with E-state index in [2.05, 4.69) is 25.3 Å². The Morgan fingerprint density at radius 2 is 1.82 bits per heavy atom. The Morgan fingerprint density at radius 1 is 1.09 bits per heavy atom. The van der Waals surface area contributed by atoms with E-state index >= 15 is 0 Å². The molecule has 0 unspecified atom stereocenters. The minimum atomic E-state index is -3.78. The van der Waals surface area contributed by atoms with Crippen LogP contribution in [0.4, 0.5) is 10.2 Å². The molecule has 4 aromatic heterocycles. The van der Waals surface area contributed by atoms with Gasteiger partial charge in [-0.15, -0.1) is 10.2 Å². The number of nitrogens with one attached hydrogen (secondary N) is 1. The number of piperidine rings is 1. The first-order valence-corrected chi connectivity index (χ1v) is 15.9. The SMILES string of the molecule is CS(=O)(=O)c1c([C@H]2C[C@H]3CC[C@@H](C2)N3C(=O)c2nnc[nH]2)nc2c(-c3ccc(-c4ccc(OCF)cc4)nc3)cnn2c1N. The van der Waals surface area contributed by atoms with Crippen LogP contribution in [0.2, 0.25) is 0 Å². The predicted molar refractivity (Wildman–Crippen MR) is 157 cm³/mol. The molecule has 2 bridgehead atoms. The van der Waals surface area contributed by atoms with Gasteiger partial charge in [-0.1, -0.05) is 6.07 Å². The number of nitrogens with two attached hydrogens (primary N) is 1. The summed E-state index contributed by atoms with van der Waals surface area (Å²) in [5, 5.41) is 12.0. The molecule has 7 rings (SSSR count). The molecule has 2 saturated heterocycles. The highest BCUT2D eigenvalue weighted by molar-refractivity contribution is 7.91. The van der Waals surface area contributed by atoms with Gasteiger partial charge in [0.25, 0.3) is 5.91 Å². The maximum absolute atomic E-state index is 13.2. The molecule has 1 aromatic carbocycles. The minimum absolute atomic E-state index is 0.00794. The molecule has 2 aliphatic rings. The number of H-pyrrole nitrogens is 1. The lowest BCUT2D eigenvalue weighted by molar-refractivity contribution is 0.0556. The Bertz CT molecular complexity index is 1950. The average Bonchev–Trinajstić information content (AvgIpc) is 3.75. The van der Waals surface area contributed by atoms with Gasteiger partial charge in [0, 0.05) is 47.1 Å². The topological polar surface area (TPSA) is 174 Å². The number of nitrogens with zero attached hydrogens (tertiary/aromatic N) is 7. The number of halogens is 1. The number of benzene rings is 1. The smallest absolute Gasteiger partial charge is 0.292 e. The van der Waals surface area contributed by atoms with Crippen molar-refractivity contribution in [1.29, 1.82) is 0 Å². The Kier molecular flexibility index (Phi) is 6.76. The molecule has 13 nitrogen and oxygen atoms in total. The molecule has 2 fully saturated rings. The van der Waals surface area contributed by atoms with E-state index in [1.165, 1.54) is 10.8 Å². The van der Waals surface area contributed by atoms with E-state index in [0.717, 1.165) is 30.2 Å². The Hall–Kier alpha value is -4.92. The number of pyridine rings is 1. The molecule has 5 aromatic rings. The summed E-state index contributed by atoms with van der Waals surface area (Å²) in [6.45, 7) is -0.901. The van der Waals surface area contributed by atoms with Crippen LogP contribution in [0.1, 0.15) is 47.9 Å². The standard InChI is InChI=1S/C29H28FN9O4S/c1-44(41,42)25-24(18-10-19-5-6-20(11-18)38(19)29(40)27-33-15-34-37-27)36-28-22(13-35-39(28)26(25)31)17-4-9-23(32-12-17)16-2-7-21(8-3-16)43-14-30/h2-4,7-9,12-13,15,18-20H,5-6,10-11,14,31H2,1H3,(H,33,34,37)/t18-,19+,20-. The summed E-state index contributed by atoms with van der Waals surface area (Å²) >= 11 is 0. The van der Waals surface area contributed by atoms with Gasteiger partial charge in [0.05, 0.1) is 17.6 Å². The molecular formula is C29H28FN9O4S. The fraction of sp³-hybridized carbons (Fsp3) is 0.310. The summed E-state index contributed by atoms with van der Waals surface area (Å²) in [5.41, 5.74) is 10.2. The molecule has 6 heterocycles. The van der Waals surface area contributed by atoms with Crippen LogP contribution in [0, 0.1) is 0 Å². The number of hydrogen-bond acceptors (Lipinski definition) is 10. The van der Waals surface area contributed by atoms with Crippen molar-refractivity contribution in [2.45, 2.75) is 48.6 Å². The van der Waals surface area contributed by atoms with Gasteiger partial charge in [-0.25, -0.2) is 17.8 Å². The summed E-state index contributed by atoms with van der Waals surface area (Å²) < 4.78 is 44.9. The van der Waals surface area contributed by atoms with E-state index in [-0.39, 0.29) is 40.4 Å². The van der Waals surface area contributed by atoms with Crippen molar-refractivity contribution in [1.82, 2.24) is 39.7 Å². The minimum Gasteiger partial charge on any atom is -0.463 e. The number of carbonyl (C=O) groups excluding carboxylic acids is 1. The second-order valence-corrected chi connectivity index (χ2v) is 13.0. The van der Waals surface area contributed by atoms with Gasteiger partial charge in [0.1, 0.15) is 22.8 Å². The molecule has 15 heteroatoms. The molecule has 226 valence electrons. The van der Waals surface area contributed by atoms with Crippen LogP contribution in [0.15, 0.2) is 60.0 Å². The van der Waals surface area contributed by atoms with Crippen molar-refractivity contribution >= 4 is 27.2 Å². The van der Waals surface area contributed by atoms with Gasteiger partial charge in [0.15, 0.2) is 15.5 Å². The van der Waals surface area contributed by atoms with Crippen molar-refractivity contribution in [3.8, 4) is 28.1 Å². The molecule has 1 amide bonds. The molecule has 44 heavy (non-hydrogen) atoms. The quantitative estimate of drug-likeness (QED) is 0.275. The fourth-order valence-corrected chi connectivity index (χ4v) is 7.61. The van der Waals surface area contributed by atoms with Crippen LogP contribution >= 0.6 is 0 Å². The van der Waals surface area contributed by atoms with Crippen LogP contribution in [0.3, 0.4) is 0 Å². The van der Waals surface area contributed by atoms with E-state index in [1.54, 1.807) is 36.7 Å². The largest absolute Gasteiger partial charge is 0.463 e. The van der Waals surface area contributed by atoms with E-state index in [9.17, 15) is 17.6 Å². The lowest BCUT2D eigenvalue weighted by Gasteiger charge is -2.38. The number of fused-ring (bicyclic) bond motifs is 3. The van der Waals surface area contributed by atoms with Crippen LogP contribution in [0.5, 0.6) is 5.75 Å². The predicted octanol–water partition coefficient (Wildman–Crippen LogP) is 3.42. The highest BCUT2D eigenvalue weighted by Crippen LogP contribution is 2.45. The summed E-state index contributed by atoms with van der Waals surface area (Å²) in [7, 11) is -3.78. The first-order valence-electron chi connectivity index (χ1n) is 14.0. The van der Waals surface area contributed by atoms with Crippen molar-refractivity contribution in [3.05, 3.63) is 66.6 Å². The molecule has 0 radical (unpaired) electrons. The molecule has 0 saturated carbocycles. The number of amides is 1. The first-order chi connectivity index (χ1) is 21.2. The van der Waals surface area contributed by atoms with Gasteiger partial charge in [-0.3, -0.25) is 9.78 Å². The molecule has 2 aliphatic heterocycles. The number of sulfone groups is 1. The zero-order valence-electron chi connectivity index (χ0n) is 23.6. The van der Waals surface area contributed by atoms with E-state index < -0.39 is 16.7 Å². The van der Waals surface area contributed by atoms with Crippen LogP contribution in [0.25, 0.3) is 28.0 Å². The van der Waals surface area contributed by atoms with Gasteiger partial charge < -0.3 is 20.4 Å². The normalized spacial score (nSPS) is 19.9. The molecule has 0 spiro atoms. The summed E-state index contributed by atoms with van der Waals surface area (Å²) in [6, 6.07) is 10.5. The lowest BCUT2D eigenvalue weighted by Crippen LogP contribution is -2.46. The fourth-order valence-electron chi connectivity index (χ4n) is 6.55. The number of hydrogen-bond donors (Lipinski definition) is 2. The Labute approximate surface area is 251 Å². The Morgan fingerprint density at radius 3 is 2.43 bits per heavy atom. The van der Waals surface area contributed by atoms with E-state index in [4.69, 9.17) is 15.5 Å². The number of carbonyl (C=O) groups is 1. The van der Waals surface area contributed by atoms with E-state index in [0.29, 0.717) is 41.2 Å². The average molecular weight is 618 g/mol. The number of ether oxygens (including phenoxy) is 1. The zero-order valence-corrected chi connectivity index (χ0v) is 24.4. The molecular weight excluding hydrogens is 589 g/mol. The maximum atomic E-state index is 13.2. The third kappa shape index (κ3) is 4.72. The number of anilines is 1. The third-order valence-electron chi connectivity index (χ3n) is 8.45. The lowest BCUT2D eigenvalue weighted by atomic mass is 9.87. The Balaban J connectivity index is 1.24. The first kappa shape index (κ1) is 27.9. The molecule has 0 aliphatic carbocycles. The summed E-state index contributed by atoms with van der Waals surface area (Å²) in [4.78, 5) is 27.3. The van der Waals surface area contributed by atoms with Gasteiger partial charge >= 0.3 is 0 Å². The maximum Gasteiger partial charge on any atom is 0.292 e. The number of nitrogen functional groups attached to an aromatic ring is 1. The number of alkyl halides is 1. The second kappa shape index (κ2) is 10.7. The zero-order chi connectivity index (χ0) is 30.6. The summed E-state index contributed by atoms with van der Waals surface area (Å²) in [5.74, 6) is 0.152. The van der Waals surface area contributed by atoms with Crippen molar-refractivity contribution in [3.63, 3.8) is 0 Å². The van der Waals surface area contributed by atoms with Gasteiger partial charge in [-0.2, -0.15) is 9.61 Å². The molecule has 3 N–H and O–H groups in total. The van der Waals surface area contributed by atoms with Gasteiger partial charge in [0.2, 0.25) is 12.7 Å². The van der Waals surface area contributed by atoms with Gasteiger partial charge in [-0.05, 0) is 56.0 Å². The van der Waals surface area contributed by atoms with E-state index in [1.807, 2.05) is 17.0 Å². The number of aromatic amines is 1. The third-order valence-corrected chi connectivity index (χ3v) is 9.61. The second-order valence-electron chi connectivity index (χ2n) is 11.1. The van der Waals surface area contributed by atoms with Crippen LogP contribution in [-0.2, 0) is 9.84 Å². The van der Waals surface area contributed by atoms with Crippen molar-refractivity contribution in [2.75, 3.05) is 18.9 Å². The summed E-state index contributed by atoms with van der Waals surface area (Å²) in [6.07, 6.45) is 8.45. The van der Waals surface area contributed by atoms with Crippen molar-refractivity contribution < 1.29 is 22.3 Å². The number of rotatable bonds is 7. The van der Waals surface area contributed by atoms with Crippen LogP contribution in [-0.4, -0.2) is 79.2 Å². The number of aromatic nitrogens is 7. The highest BCUT2D eigenvalue weighted by Gasteiger charge is 2.46. The van der Waals surface area contributed by atoms with Crippen molar-refractivity contribution in [2.24, 2.45) is 0 Å². The molecule has 3 atom stereocenters. The highest BCUT2D eigenvalue weighted by atomic mass is 32.2. The van der Waals surface area contributed by atoms with Crippen LogP contribution < -0.4 is 10.5 Å². The monoisotopic (exact) mass is 617 g/mol.